The normalized spacial score (nSPS) is 19.0. The van der Waals surface area contributed by atoms with E-state index >= 15 is 0 Å². The van der Waals surface area contributed by atoms with Gasteiger partial charge in [-0.05, 0) is 44.0 Å². The van der Waals surface area contributed by atoms with Crippen LogP contribution in [0.25, 0.3) is 0 Å². The third-order valence-corrected chi connectivity index (χ3v) is 5.33. The molecule has 1 atom stereocenters. The molecule has 1 aliphatic rings. The summed E-state index contributed by atoms with van der Waals surface area (Å²) in [6.07, 6.45) is 0. The molecule has 114 valence electrons. The van der Waals surface area contributed by atoms with Crippen molar-refractivity contribution in [2.75, 3.05) is 12.3 Å². The molecule has 1 saturated heterocycles. The molecule has 6 nitrogen and oxygen atoms in total. The van der Waals surface area contributed by atoms with Gasteiger partial charge in [0.1, 0.15) is 6.04 Å². The second kappa shape index (κ2) is 5.48. The third kappa shape index (κ3) is 3.07. The third-order valence-electron chi connectivity index (χ3n) is 3.64. The van der Waals surface area contributed by atoms with Gasteiger partial charge in [-0.2, -0.15) is 0 Å². The number of nitrogens with zero attached hydrogens (tertiary/aromatic N) is 1. The van der Waals surface area contributed by atoms with Crippen molar-refractivity contribution < 1.29 is 18.0 Å². The number of urea groups is 1. The summed E-state index contributed by atoms with van der Waals surface area (Å²) < 4.78 is 24.6. The number of nitrogens with one attached hydrogen (secondary N) is 1. The first-order chi connectivity index (χ1) is 9.72. The molecule has 1 aliphatic heterocycles. The van der Waals surface area contributed by atoms with Crippen LogP contribution in [0, 0.1) is 13.8 Å². The van der Waals surface area contributed by atoms with Gasteiger partial charge in [-0.25, -0.2) is 13.2 Å². The molecule has 1 fully saturated rings. The van der Waals surface area contributed by atoms with Crippen LogP contribution in [0.1, 0.15) is 18.1 Å². The molecular formula is C14H18N2O4S. The van der Waals surface area contributed by atoms with E-state index in [-0.39, 0.29) is 17.2 Å². The highest BCUT2D eigenvalue weighted by Crippen LogP contribution is 2.17. The standard InChI is InChI=1S/C14H18N2O4S/c1-9-4-5-12(8-10(9)2)21(19,20)7-6-16-13(17)11(3)15-14(16)18/h4-5,8,11H,6-7H2,1-3H3,(H,15,18). The predicted molar refractivity (Wildman–Crippen MR) is 77.7 cm³/mol. The number of imide groups is 1. The smallest absolute Gasteiger partial charge is 0.324 e. The quantitative estimate of drug-likeness (QED) is 0.842. The van der Waals surface area contributed by atoms with Crippen LogP contribution in [-0.2, 0) is 14.6 Å². The maximum Gasteiger partial charge on any atom is 0.324 e. The van der Waals surface area contributed by atoms with Gasteiger partial charge in [-0.15, -0.1) is 0 Å². The van der Waals surface area contributed by atoms with Crippen LogP contribution in [0.4, 0.5) is 4.79 Å². The molecule has 0 aliphatic carbocycles. The average molecular weight is 310 g/mol. The summed E-state index contributed by atoms with van der Waals surface area (Å²) >= 11 is 0. The fraction of sp³-hybridized carbons (Fsp3) is 0.429. The number of aryl methyl sites for hydroxylation is 2. The Morgan fingerprint density at radius 1 is 1.19 bits per heavy atom. The van der Waals surface area contributed by atoms with Crippen molar-refractivity contribution in [3.05, 3.63) is 29.3 Å². The highest BCUT2D eigenvalue weighted by Gasteiger charge is 2.35. The fourth-order valence-corrected chi connectivity index (χ4v) is 3.40. The Morgan fingerprint density at radius 3 is 2.38 bits per heavy atom. The SMILES string of the molecule is Cc1ccc(S(=O)(=O)CCN2C(=O)NC(C)C2=O)cc1C. The van der Waals surface area contributed by atoms with Gasteiger partial charge in [0.2, 0.25) is 0 Å². The van der Waals surface area contributed by atoms with Crippen molar-refractivity contribution in [2.45, 2.75) is 31.7 Å². The summed E-state index contributed by atoms with van der Waals surface area (Å²) in [7, 11) is -3.53. The molecule has 1 unspecified atom stereocenters. The van der Waals surface area contributed by atoms with Crippen molar-refractivity contribution in [1.82, 2.24) is 10.2 Å². The summed E-state index contributed by atoms with van der Waals surface area (Å²) in [5.41, 5.74) is 1.90. The van der Waals surface area contributed by atoms with Crippen LogP contribution in [-0.4, -0.2) is 43.6 Å². The topological polar surface area (TPSA) is 83.6 Å². The monoisotopic (exact) mass is 310 g/mol. The predicted octanol–water partition coefficient (Wildman–Crippen LogP) is 1.02. The van der Waals surface area contributed by atoms with Crippen molar-refractivity contribution in [1.29, 1.82) is 0 Å². The van der Waals surface area contributed by atoms with E-state index in [4.69, 9.17) is 0 Å². The summed E-state index contributed by atoms with van der Waals surface area (Å²) in [5.74, 6) is -0.670. The lowest BCUT2D eigenvalue weighted by atomic mass is 10.1. The molecule has 0 aromatic heterocycles. The summed E-state index contributed by atoms with van der Waals surface area (Å²) in [5, 5.41) is 2.45. The summed E-state index contributed by atoms with van der Waals surface area (Å²) in [4.78, 5) is 24.4. The molecular weight excluding hydrogens is 292 g/mol. The van der Waals surface area contributed by atoms with Gasteiger partial charge in [0.25, 0.3) is 5.91 Å². The maximum absolute atomic E-state index is 12.3. The average Bonchev–Trinajstić information content (AvgIpc) is 2.64. The van der Waals surface area contributed by atoms with E-state index in [9.17, 15) is 18.0 Å². The molecule has 3 amide bonds. The lowest BCUT2D eigenvalue weighted by Crippen LogP contribution is -2.35. The van der Waals surface area contributed by atoms with Crippen LogP contribution in [0.5, 0.6) is 0 Å². The zero-order valence-electron chi connectivity index (χ0n) is 12.2. The number of carbonyl (C=O) groups is 2. The molecule has 0 spiro atoms. The zero-order valence-corrected chi connectivity index (χ0v) is 13.0. The van der Waals surface area contributed by atoms with Crippen LogP contribution in [0.3, 0.4) is 0 Å². The number of hydrogen-bond donors (Lipinski definition) is 1. The number of amides is 3. The van der Waals surface area contributed by atoms with Crippen molar-refractivity contribution in [3.63, 3.8) is 0 Å². The first-order valence-corrected chi connectivity index (χ1v) is 8.29. The Balaban J connectivity index is 2.13. The first-order valence-electron chi connectivity index (χ1n) is 6.64. The molecule has 0 radical (unpaired) electrons. The molecule has 1 aromatic rings. The minimum Gasteiger partial charge on any atom is -0.326 e. The van der Waals surface area contributed by atoms with E-state index in [2.05, 4.69) is 5.32 Å². The Bertz CT molecular complexity index is 697. The summed E-state index contributed by atoms with van der Waals surface area (Å²) in [6, 6.07) is 3.77. The Kier molecular flexibility index (Phi) is 4.04. The molecule has 7 heteroatoms. The molecule has 1 heterocycles. The Hall–Kier alpha value is -1.89. The highest BCUT2D eigenvalue weighted by atomic mass is 32.2. The van der Waals surface area contributed by atoms with Gasteiger partial charge < -0.3 is 5.32 Å². The molecule has 1 N–H and O–H groups in total. The van der Waals surface area contributed by atoms with Gasteiger partial charge in [0.15, 0.2) is 9.84 Å². The van der Waals surface area contributed by atoms with E-state index in [0.29, 0.717) is 0 Å². The number of rotatable bonds is 4. The van der Waals surface area contributed by atoms with Crippen LogP contribution in [0.15, 0.2) is 23.1 Å². The Morgan fingerprint density at radius 2 is 1.86 bits per heavy atom. The lowest BCUT2D eigenvalue weighted by Gasteiger charge is -2.13. The van der Waals surface area contributed by atoms with Gasteiger partial charge in [0, 0.05) is 6.54 Å². The minimum absolute atomic E-state index is 0.135. The number of carbonyl (C=O) groups excluding carboxylic acids is 2. The molecule has 1 aromatic carbocycles. The fourth-order valence-electron chi connectivity index (χ4n) is 2.11. The Labute approximate surface area is 124 Å². The van der Waals surface area contributed by atoms with Crippen molar-refractivity contribution in [3.8, 4) is 0 Å². The van der Waals surface area contributed by atoms with Gasteiger partial charge in [-0.3, -0.25) is 9.69 Å². The molecule has 0 saturated carbocycles. The highest BCUT2D eigenvalue weighted by molar-refractivity contribution is 7.91. The molecule has 21 heavy (non-hydrogen) atoms. The first kappa shape index (κ1) is 15.5. The zero-order chi connectivity index (χ0) is 15.8. The van der Waals surface area contributed by atoms with E-state index in [1.807, 2.05) is 13.8 Å². The van der Waals surface area contributed by atoms with Crippen LogP contribution >= 0.6 is 0 Å². The molecule has 0 bridgehead atoms. The molecule has 2 rings (SSSR count). The van der Waals surface area contributed by atoms with E-state index in [1.165, 1.54) is 0 Å². The van der Waals surface area contributed by atoms with Gasteiger partial charge in [-0.1, -0.05) is 6.07 Å². The van der Waals surface area contributed by atoms with Gasteiger partial charge in [0.05, 0.1) is 10.6 Å². The van der Waals surface area contributed by atoms with Gasteiger partial charge >= 0.3 is 6.03 Å². The van der Waals surface area contributed by atoms with E-state index < -0.39 is 27.8 Å². The maximum atomic E-state index is 12.3. The second-order valence-corrected chi connectivity index (χ2v) is 7.34. The number of sulfone groups is 1. The van der Waals surface area contributed by atoms with Crippen LogP contribution < -0.4 is 5.32 Å². The number of benzene rings is 1. The largest absolute Gasteiger partial charge is 0.326 e. The lowest BCUT2D eigenvalue weighted by molar-refractivity contribution is -0.126. The minimum atomic E-state index is -3.53. The van der Waals surface area contributed by atoms with Crippen molar-refractivity contribution in [2.24, 2.45) is 0 Å². The van der Waals surface area contributed by atoms with Crippen LogP contribution in [0.2, 0.25) is 0 Å². The van der Waals surface area contributed by atoms with E-state index in [1.54, 1.807) is 25.1 Å². The number of hydrogen-bond acceptors (Lipinski definition) is 4. The summed E-state index contributed by atoms with van der Waals surface area (Å²) in [6.45, 7) is 5.18. The van der Waals surface area contributed by atoms with E-state index in [0.717, 1.165) is 16.0 Å². The van der Waals surface area contributed by atoms with Crippen molar-refractivity contribution >= 4 is 21.8 Å². The second-order valence-electron chi connectivity index (χ2n) is 5.23.